The van der Waals surface area contributed by atoms with E-state index >= 15 is 0 Å². The summed E-state index contributed by atoms with van der Waals surface area (Å²) in [5, 5.41) is 5.59. The molecule has 7 heteroatoms. The van der Waals surface area contributed by atoms with Gasteiger partial charge < -0.3 is 25.8 Å². The highest BCUT2D eigenvalue weighted by Gasteiger charge is 2.35. The molecule has 0 radical (unpaired) electrons. The lowest BCUT2D eigenvalue weighted by Gasteiger charge is -2.38. The molecule has 1 aliphatic rings. The molecule has 0 aliphatic carbocycles. The quantitative estimate of drug-likeness (QED) is 0.613. The third-order valence-corrected chi connectivity index (χ3v) is 5.23. The van der Waals surface area contributed by atoms with Gasteiger partial charge in [0.15, 0.2) is 0 Å². The molecule has 7 nitrogen and oxygen atoms in total. The molecule has 27 heavy (non-hydrogen) atoms. The van der Waals surface area contributed by atoms with Crippen LogP contribution in [0.1, 0.15) is 44.6 Å². The molecule has 2 rings (SSSR count). The Morgan fingerprint density at radius 2 is 1.93 bits per heavy atom. The minimum absolute atomic E-state index is 0.192. The number of hydrogen-bond acceptors (Lipinski definition) is 4. The first-order valence-corrected chi connectivity index (χ1v) is 9.56. The number of urea groups is 1. The van der Waals surface area contributed by atoms with Crippen LogP contribution in [-0.4, -0.2) is 44.8 Å². The molecule has 0 saturated carbocycles. The number of nitrogens with two attached hydrogens (primary N) is 1. The molecule has 150 valence electrons. The summed E-state index contributed by atoms with van der Waals surface area (Å²) in [6.07, 6.45) is 4.00. The molecule has 0 spiro atoms. The summed E-state index contributed by atoms with van der Waals surface area (Å²) < 4.78 is 10.8. The van der Waals surface area contributed by atoms with Crippen molar-refractivity contribution < 1.29 is 19.1 Å². The van der Waals surface area contributed by atoms with Crippen LogP contribution in [-0.2, 0) is 14.9 Å². The molecule has 1 aromatic rings. The highest BCUT2D eigenvalue weighted by atomic mass is 16.5. The molecular formula is C20H31N3O4. The van der Waals surface area contributed by atoms with E-state index in [1.807, 2.05) is 31.2 Å². The first-order chi connectivity index (χ1) is 13.0. The van der Waals surface area contributed by atoms with Crippen LogP contribution >= 0.6 is 0 Å². The maximum Gasteiger partial charge on any atom is 0.312 e. The number of carbonyl (C=O) groups excluding carboxylic acids is 2. The molecular weight excluding hydrogens is 346 g/mol. The molecule has 1 heterocycles. The molecule has 0 aromatic heterocycles. The van der Waals surface area contributed by atoms with Crippen molar-refractivity contribution in [1.29, 1.82) is 0 Å². The number of methoxy groups -OCH3 is 1. The van der Waals surface area contributed by atoms with Gasteiger partial charge in [0.2, 0.25) is 5.91 Å². The van der Waals surface area contributed by atoms with Crippen molar-refractivity contribution in [1.82, 2.24) is 10.6 Å². The van der Waals surface area contributed by atoms with Gasteiger partial charge in [0.05, 0.1) is 7.11 Å². The summed E-state index contributed by atoms with van der Waals surface area (Å²) in [6, 6.07) is 6.69. The van der Waals surface area contributed by atoms with Gasteiger partial charge >= 0.3 is 6.03 Å². The van der Waals surface area contributed by atoms with Crippen molar-refractivity contribution in [2.75, 3.05) is 26.9 Å². The Labute approximate surface area is 161 Å². The van der Waals surface area contributed by atoms with Crippen LogP contribution in [0.3, 0.4) is 0 Å². The van der Waals surface area contributed by atoms with Gasteiger partial charge in [0.25, 0.3) is 0 Å². The molecule has 1 aromatic carbocycles. The molecule has 1 unspecified atom stereocenters. The second-order valence-corrected chi connectivity index (χ2v) is 7.04. The Morgan fingerprint density at radius 3 is 2.48 bits per heavy atom. The van der Waals surface area contributed by atoms with E-state index in [9.17, 15) is 9.59 Å². The highest BCUT2D eigenvalue weighted by Crippen LogP contribution is 2.35. The number of benzene rings is 1. The summed E-state index contributed by atoms with van der Waals surface area (Å²) in [5.74, 6) is 0.608. The Kier molecular flexibility index (Phi) is 7.91. The fraction of sp³-hybridized carbons (Fsp3) is 0.600. The number of carbonyl (C=O) groups is 2. The normalized spacial score (nSPS) is 17.0. The van der Waals surface area contributed by atoms with E-state index < -0.39 is 12.1 Å². The average Bonchev–Trinajstić information content (AvgIpc) is 2.69. The third kappa shape index (κ3) is 5.85. The number of rotatable bonds is 9. The van der Waals surface area contributed by atoms with Crippen LogP contribution < -0.4 is 21.1 Å². The zero-order chi connectivity index (χ0) is 19.7. The maximum atomic E-state index is 12.7. The van der Waals surface area contributed by atoms with Gasteiger partial charge in [-0.1, -0.05) is 31.9 Å². The van der Waals surface area contributed by atoms with Gasteiger partial charge in [-0.05, 0) is 37.0 Å². The molecule has 1 fully saturated rings. The number of ether oxygens (including phenoxy) is 2. The van der Waals surface area contributed by atoms with Crippen LogP contribution in [0.5, 0.6) is 5.75 Å². The summed E-state index contributed by atoms with van der Waals surface area (Å²) in [4.78, 5) is 23.9. The van der Waals surface area contributed by atoms with E-state index in [2.05, 4.69) is 10.6 Å². The zero-order valence-corrected chi connectivity index (χ0v) is 16.3. The molecule has 3 amide bonds. The zero-order valence-electron chi connectivity index (χ0n) is 16.3. The number of amides is 3. The largest absolute Gasteiger partial charge is 0.497 e. The van der Waals surface area contributed by atoms with E-state index in [4.69, 9.17) is 15.2 Å². The van der Waals surface area contributed by atoms with Gasteiger partial charge in [-0.15, -0.1) is 0 Å². The SMILES string of the molecule is CCCCC(NC(N)=O)C(=O)NCC1(c2ccc(OC)cc2)CCOCC1. The standard InChI is InChI=1S/C20H31N3O4/c1-3-4-5-17(23-19(21)25)18(24)22-14-20(10-12-27-13-11-20)15-6-8-16(26-2)9-7-15/h6-9,17H,3-5,10-14H2,1-2H3,(H,22,24)(H3,21,23,25). The van der Waals surface area contributed by atoms with Gasteiger partial charge in [0, 0.05) is 25.2 Å². The van der Waals surface area contributed by atoms with Crippen LogP contribution in [0, 0.1) is 0 Å². The van der Waals surface area contributed by atoms with E-state index in [1.165, 1.54) is 0 Å². The number of primary amides is 1. The van der Waals surface area contributed by atoms with E-state index in [0.29, 0.717) is 26.2 Å². The maximum absolute atomic E-state index is 12.7. The molecule has 1 aliphatic heterocycles. The third-order valence-electron chi connectivity index (χ3n) is 5.23. The first-order valence-electron chi connectivity index (χ1n) is 9.56. The van der Waals surface area contributed by atoms with Crippen molar-refractivity contribution in [3.63, 3.8) is 0 Å². The minimum atomic E-state index is -0.679. The topological polar surface area (TPSA) is 103 Å². The van der Waals surface area contributed by atoms with E-state index in [1.54, 1.807) is 7.11 Å². The lowest BCUT2D eigenvalue weighted by Crippen LogP contribution is -2.52. The van der Waals surface area contributed by atoms with Crippen LogP contribution in [0.25, 0.3) is 0 Å². The van der Waals surface area contributed by atoms with E-state index in [0.717, 1.165) is 37.0 Å². The Hall–Kier alpha value is -2.28. The van der Waals surface area contributed by atoms with Crippen molar-refractivity contribution in [3.05, 3.63) is 29.8 Å². The lowest BCUT2D eigenvalue weighted by atomic mass is 9.74. The summed E-state index contributed by atoms with van der Waals surface area (Å²) in [5.41, 5.74) is 6.19. The predicted octanol–water partition coefficient (Wildman–Crippen LogP) is 2.09. The number of hydrogen-bond donors (Lipinski definition) is 3. The summed E-state index contributed by atoms with van der Waals surface area (Å²) in [7, 11) is 1.64. The van der Waals surface area contributed by atoms with Gasteiger partial charge in [-0.25, -0.2) is 4.79 Å². The van der Waals surface area contributed by atoms with Crippen LogP contribution in [0.15, 0.2) is 24.3 Å². The lowest BCUT2D eigenvalue weighted by molar-refractivity contribution is -0.123. The fourth-order valence-corrected chi connectivity index (χ4v) is 3.50. The Balaban J connectivity index is 2.10. The molecule has 1 atom stereocenters. The average molecular weight is 377 g/mol. The van der Waals surface area contributed by atoms with Crippen molar-refractivity contribution in [2.24, 2.45) is 5.73 Å². The summed E-state index contributed by atoms with van der Waals surface area (Å²) >= 11 is 0. The second kappa shape index (κ2) is 10.2. The Morgan fingerprint density at radius 1 is 1.26 bits per heavy atom. The van der Waals surface area contributed by atoms with Gasteiger partial charge in [0.1, 0.15) is 11.8 Å². The van der Waals surface area contributed by atoms with E-state index in [-0.39, 0.29) is 11.3 Å². The highest BCUT2D eigenvalue weighted by molar-refractivity contribution is 5.86. The van der Waals surface area contributed by atoms with Crippen molar-refractivity contribution >= 4 is 11.9 Å². The summed E-state index contributed by atoms with van der Waals surface area (Å²) in [6.45, 7) is 3.84. The second-order valence-electron chi connectivity index (χ2n) is 7.04. The molecule has 4 N–H and O–H groups in total. The predicted molar refractivity (Wildman–Crippen MR) is 104 cm³/mol. The van der Waals surface area contributed by atoms with Gasteiger partial charge in [-0.2, -0.15) is 0 Å². The number of nitrogens with one attached hydrogen (secondary N) is 2. The van der Waals surface area contributed by atoms with Crippen LogP contribution in [0.2, 0.25) is 0 Å². The first kappa shape index (κ1) is 21.0. The van der Waals surface area contributed by atoms with Crippen molar-refractivity contribution in [2.45, 2.75) is 50.5 Å². The minimum Gasteiger partial charge on any atom is -0.497 e. The molecule has 1 saturated heterocycles. The Bertz CT molecular complexity index is 612. The smallest absolute Gasteiger partial charge is 0.312 e. The molecule has 0 bridgehead atoms. The van der Waals surface area contributed by atoms with Crippen molar-refractivity contribution in [3.8, 4) is 5.75 Å². The monoisotopic (exact) mass is 377 g/mol. The van der Waals surface area contributed by atoms with Gasteiger partial charge in [-0.3, -0.25) is 4.79 Å². The number of unbranched alkanes of at least 4 members (excludes halogenated alkanes) is 1. The fourth-order valence-electron chi connectivity index (χ4n) is 3.50. The van der Waals surface area contributed by atoms with Crippen LogP contribution in [0.4, 0.5) is 4.79 Å².